The van der Waals surface area contributed by atoms with E-state index in [4.69, 9.17) is 5.26 Å². The Labute approximate surface area is 112 Å². The molecule has 6 nitrogen and oxygen atoms in total. The van der Waals surface area contributed by atoms with Gasteiger partial charge in [-0.05, 0) is 12.3 Å². The Bertz CT molecular complexity index is 491. The zero-order valence-electron chi connectivity index (χ0n) is 11.1. The number of anilines is 1. The van der Waals surface area contributed by atoms with Crippen molar-refractivity contribution in [3.8, 4) is 6.07 Å². The lowest BCUT2D eigenvalue weighted by Crippen LogP contribution is -2.56. The van der Waals surface area contributed by atoms with E-state index < -0.39 is 0 Å². The van der Waals surface area contributed by atoms with Crippen LogP contribution in [0, 0.1) is 17.2 Å². The Morgan fingerprint density at radius 1 is 1.53 bits per heavy atom. The Morgan fingerprint density at radius 2 is 2.32 bits per heavy atom. The third-order valence-corrected chi connectivity index (χ3v) is 3.07. The number of hydrogen-bond acceptors (Lipinski definition) is 5. The van der Waals surface area contributed by atoms with E-state index in [9.17, 15) is 4.79 Å². The average molecular weight is 259 g/mol. The maximum atomic E-state index is 12.0. The predicted molar refractivity (Wildman–Crippen MR) is 70.3 cm³/mol. The molecule has 1 aliphatic heterocycles. The molecule has 100 valence electrons. The SMILES string of the molecule is CC(C)C[C@@H]1C(=O)NCCN1c1cnc(C#N)cn1. The van der Waals surface area contributed by atoms with E-state index in [1.807, 2.05) is 11.0 Å². The summed E-state index contributed by atoms with van der Waals surface area (Å²) in [5.74, 6) is 1.10. The number of piperazine rings is 1. The van der Waals surface area contributed by atoms with Crippen LogP contribution in [0.4, 0.5) is 5.82 Å². The summed E-state index contributed by atoms with van der Waals surface area (Å²) in [4.78, 5) is 22.2. The Kier molecular flexibility index (Phi) is 3.95. The largest absolute Gasteiger partial charge is 0.353 e. The van der Waals surface area contributed by atoms with Gasteiger partial charge in [-0.15, -0.1) is 0 Å². The maximum Gasteiger partial charge on any atom is 0.242 e. The van der Waals surface area contributed by atoms with E-state index in [0.29, 0.717) is 24.8 Å². The van der Waals surface area contributed by atoms with Crippen molar-refractivity contribution in [2.75, 3.05) is 18.0 Å². The second kappa shape index (κ2) is 5.65. The third-order valence-electron chi connectivity index (χ3n) is 3.07. The molecular formula is C13H17N5O. The van der Waals surface area contributed by atoms with Gasteiger partial charge in [0, 0.05) is 13.1 Å². The van der Waals surface area contributed by atoms with Crippen molar-refractivity contribution in [2.24, 2.45) is 5.92 Å². The minimum absolute atomic E-state index is 0.0334. The molecule has 1 fully saturated rings. The fraction of sp³-hybridized carbons (Fsp3) is 0.538. The summed E-state index contributed by atoms with van der Waals surface area (Å²) in [6.07, 6.45) is 3.77. The highest BCUT2D eigenvalue weighted by atomic mass is 16.2. The van der Waals surface area contributed by atoms with Crippen LogP contribution < -0.4 is 10.2 Å². The number of nitrogens with one attached hydrogen (secondary N) is 1. The highest BCUT2D eigenvalue weighted by Gasteiger charge is 2.31. The minimum atomic E-state index is -0.212. The highest BCUT2D eigenvalue weighted by Crippen LogP contribution is 2.20. The molecule has 0 bridgehead atoms. The fourth-order valence-corrected chi connectivity index (χ4v) is 2.20. The van der Waals surface area contributed by atoms with Gasteiger partial charge < -0.3 is 10.2 Å². The standard InChI is InChI=1S/C13H17N5O/c1-9(2)5-11-13(19)15-3-4-18(11)12-8-16-10(6-14)7-17-12/h7-9,11H,3-5H2,1-2H3,(H,15,19)/t11-/m1/s1. The molecule has 0 saturated carbocycles. The first-order valence-corrected chi connectivity index (χ1v) is 6.38. The number of aromatic nitrogens is 2. The van der Waals surface area contributed by atoms with E-state index >= 15 is 0 Å². The number of amides is 1. The average Bonchev–Trinajstić information content (AvgIpc) is 2.41. The second-order valence-electron chi connectivity index (χ2n) is 5.00. The molecule has 1 aromatic rings. The summed E-state index contributed by atoms with van der Waals surface area (Å²) < 4.78 is 0. The van der Waals surface area contributed by atoms with Crippen LogP contribution in [0.2, 0.25) is 0 Å². The van der Waals surface area contributed by atoms with Crippen LogP contribution in [0.1, 0.15) is 26.0 Å². The monoisotopic (exact) mass is 259 g/mol. The molecule has 0 aliphatic carbocycles. The van der Waals surface area contributed by atoms with Gasteiger partial charge in [-0.1, -0.05) is 13.8 Å². The molecule has 0 aromatic carbocycles. The zero-order chi connectivity index (χ0) is 13.8. The first kappa shape index (κ1) is 13.3. The number of hydrogen-bond donors (Lipinski definition) is 1. The van der Waals surface area contributed by atoms with E-state index in [-0.39, 0.29) is 17.6 Å². The van der Waals surface area contributed by atoms with Gasteiger partial charge in [0.1, 0.15) is 17.9 Å². The zero-order valence-corrected chi connectivity index (χ0v) is 11.1. The molecule has 0 unspecified atom stereocenters. The van der Waals surface area contributed by atoms with E-state index in [1.54, 1.807) is 6.20 Å². The first-order valence-electron chi connectivity index (χ1n) is 6.38. The summed E-state index contributed by atoms with van der Waals surface area (Å²) in [5, 5.41) is 11.6. The molecular weight excluding hydrogens is 242 g/mol. The molecule has 1 saturated heterocycles. The van der Waals surface area contributed by atoms with Crippen molar-refractivity contribution in [1.29, 1.82) is 5.26 Å². The van der Waals surface area contributed by atoms with E-state index in [1.165, 1.54) is 6.20 Å². The topological polar surface area (TPSA) is 81.9 Å². The molecule has 1 atom stereocenters. The van der Waals surface area contributed by atoms with Gasteiger partial charge >= 0.3 is 0 Å². The number of nitriles is 1. The summed E-state index contributed by atoms with van der Waals surface area (Å²) in [6, 6.07) is 1.73. The molecule has 0 spiro atoms. The molecule has 1 N–H and O–H groups in total. The van der Waals surface area contributed by atoms with E-state index in [2.05, 4.69) is 29.1 Å². The normalized spacial score (nSPS) is 19.2. The maximum absolute atomic E-state index is 12.0. The van der Waals surface area contributed by atoms with Crippen LogP contribution in [0.5, 0.6) is 0 Å². The second-order valence-corrected chi connectivity index (χ2v) is 5.00. The van der Waals surface area contributed by atoms with Crippen molar-refractivity contribution < 1.29 is 4.79 Å². The number of nitrogens with zero attached hydrogens (tertiary/aromatic N) is 4. The summed E-state index contributed by atoms with van der Waals surface area (Å²) in [7, 11) is 0. The quantitative estimate of drug-likeness (QED) is 0.864. The fourth-order valence-electron chi connectivity index (χ4n) is 2.20. The van der Waals surface area contributed by atoms with Gasteiger partial charge in [-0.2, -0.15) is 5.26 Å². The van der Waals surface area contributed by atoms with Crippen LogP contribution in [0.3, 0.4) is 0 Å². The van der Waals surface area contributed by atoms with Crippen molar-refractivity contribution in [3.05, 3.63) is 18.1 Å². The molecule has 0 radical (unpaired) electrons. The Morgan fingerprint density at radius 3 is 2.89 bits per heavy atom. The van der Waals surface area contributed by atoms with E-state index in [0.717, 1.165) is 6.42 Å². The minimum Gasteiger partial charge on any atom is -0.353 e. The number of carbonyl (C=O) groups excluding carboxylic acids is 1. The van der Waals surface area contributed by atoms with Gasteiger partial charge in [-0.3, -0.25) is 4.79 Å². The highest BCUT2D eigenvalue weighted by molar-refractivity contribution is 5.86. The molecule has 6 heteroatoms. The number of rotatable bonds is 3. The molecule has 1 aliphatic rings. The Balaban J connectivity index is 2.23. The lowest BCUT2D eigenvalue weighted by molar-refractivity contribution is -0.123. The van der Waals surface area contributed by atoms with Crippen LogP contribution in [-0.2, 0) is 4.79 Å². The molecule has 2 rings (SSSR count). The lowest BCUT2D eigenvalue weighted by Gasteiger charge is -2.36. The summed E-state index contributed by atoms with van der Waals surface area (Å²) >= 11 is 0. The van der Waals surface area contributed by atoms with Crippen molar-refractivity contribution in [3.63, 3.8) is 0 Å². The first-order chi connectivity index (χ1) is 9.11. The molecule has 1 amide bonds. The van der Waals surface area contributed by atoms with Gasteiger partial charge in [0.25, 0.3) is 0 Å². The van der Waals surface area contributed by atoms with Crippen molar-refractivity contribution in [1.82, 2.24) is 15.3 Å². The number of carbonyl (C=O) groups is 1. The van der Waals surface area contributed by atoms with Crippen LogP contribution >= 0.6 is 0 Å². The van der Waals surface area contributed by atoms with Crippen molar-refractivity contribution >= 4 is 11.7 Å². The summed E-state index contributed by atoms with van der Waals surface area (Å²) in [5.41, 5.74) is 0.283. The third kappa shape index (κ3) is 2.99. The smallest absolute Gasteiger partial charge is 0.242 e. The Hall–Kier alpha value is -2.16. The van der Waals surface area contributed by atoms with Crippen LogP contribution in [0.25, 0.3) is 0 Å². The molecule has 2 heterocycles. The summed E-state index contributed by atoms with van der Waals surface area (Å²) in [6.45, 7) is 5.49. The molecule has 19 heavy (non-hydrogen) atoms. The lowest BCUT2D eigenvalue weighted by atomic mass is 10.00. The molecule has 1 aromatic heterocycles. The van der Waals surface area contributed by atoms with Gasteiger partial charge in [0.2, 0.25) is 5.91 Å². The van der Waals surface area contributed by atoms with Crippen LogP contribution in [-0.4, -0.2) is 35.0 Å². The van der Waals surface area contributed by atoms with Crippen LogP contribution in [0.15, 0.2) is 12.4 Å². The predicted octanol–water partition coefficient (Wildman–Crippen LogP) is 0.699. The van der Waals surface area contributed by atoms with Gasteiger partial charge in [0.15, 0.2) is 5.69 Å². The van der Waals surface area contributed by atoms with Gasteiger partial charge in [-0.25, -0.2) is 9.97 Å². The van der Waals surface area contributed by atoms with Crippen molar-refractivity contribution in [2.45, 2.75) is 26.3 Å². The van der Waals surface area contributed by atoms with Gasteiger partial charge in [0.05, 0.1) is 12.4 Å².